The molecule has 0 aliphatic carbocycles. The van der Waals surface area contributed by atoms with Crippen LogP contribution in [0.2, 0.25) is 10.0 Å². The Kier molecular flexibility index (Phi) is 6.47. The van der Waals surface area contributed by atoms with Crippen molar-refractivity contribution in [2.24, 2.45) is 4.99 Å². The number of benzene rings is 2. The second kappa shape index (κ2) is 8.83. The minimum atomic E-state index is -0.197. The fraction of sp³-hybridized carbons (Fsp3) is 0.200. The Morgan fingerprint density at radius 2 is 2.07 bits per heavy atom. The second-order valence-electron chi connectivity index (χ2n) is 5.99. The summed E-state index contributed by atoms with van der Waals surface area (Å²) in [5.41, 5.74) is 1.50. The first-order chi connectivity index (χ1) is 12.9. The average Bonchev–Trinajstić information content (AvgIpc) is 2.96. The van der Waals surface area contributed by atoms with Gasteiger partial charge in [0.25, 0.3) is 5.91 Å². The van der Waals surface area contributed by atoms with Gasteiger partial charge in [-0.2, -0.15) is 0 Å². The zero-order chi connectivity index (χ0) is 19.4. The van der Waals surface area contributed by atoms with E-state index in [1.807, 2.05) is 31.2 Å². The van der Waals surface area contributed by atoms with Crippen molar-refractivity contribution in [1.29, 1.82) is 0 Å². The lowest BCUT2D eigenvalue weighted by Gasteiger charge is -2.14. The van der Waals surface area contributed by atoms with Crippen molar-refractivity contribution < 1.29 is 9.53 Å². The summed E-state index contributed by atoms with van der Waals surface area (Å²) >= 11 is 13.5. The third-order valence-corrected chi connectivity index (χ3v) is 5.29. The highest BCUT2D eigenvalue weighted by molar-refractivity contribution is 8.18. The standard InChI is InChI=1S/C20H18Cl2N2O2S/c1-3-12(2)26-17-8-7-13(9-16(17)22)10-18-19(25)24-20(27-18)23-15-6-4-5-14(21)11-15/h4-12H,3H2,1-2H3,(H,23,24,25)/b18-10-/t12-/m0/s1. The molecule has 1 fully saturated rings. The summed E-state index contributed by atoms with van der Waals surface area (Å²) in [6.45, 7) is 4.04. The molecule has 1 atom stereocenters. The number of carbonyl (C=O) groups excluding carboxylic acids is 1. The van der Waals surface area contributed by atoms with E-state index in [-0.39, 0.29) is 12.0 Å². The van der Waals surface area contributed by atoms with Gasteiger partial charge in [0.05, 0.1) is 21.7 Å². The van der Waals surface area contributed by atoms with Crippen molar-refractivity contribution in [1.82, 2.24) is 5.32 Å². The predicted molar refractivity (Wildman–Crippen MR) is 114 cm³/mol. The molecule has 1 N–H and O–H groups in total. The average molecular weight is 421 g/mol. The summed E-state index contributed by atoms with van der Waals surface area (Å²) in [6.07, 6.45) is 2.76. The topological polar surface area (TPSA) is 50.7 Å². The summed E-state index contributed by atoms with van der Waals surface area (Å²) < 4.78 is 5.77. The lowest BCUT2D eigenvalue weighted by molar-refractivity contribution is -0.115. The number of hydrogen-bond acceptors (Lipinski definition) is 4. The molecule has 0 bridgehead atoms. The number of amides is 1. The third kappa shape index (κ3) is 5.28. The van der Waals surface area contributed by atoms with E-state index in [1.54, 1.807) is 24.3 Å². The lowest BCUT2D eigenvalue weighted by atomic mass is 10.2. The molecule has 7 heteroatoms. The molecule has 4 nitrogen and oxygen atoms in total. The number of amidine groups is 1. The molecule has 1 amide bonds. The highest BCUT2D eigenvalue weighted by atomic mass is 35.5. The highest BCUT2D eigenvalue weighted by Gasteiger charge is 2.24. The first-order valence-electron chi connectivity index (χ1n) is 8.46. The van der Waals surface area contributed by atoms with Crippen molar-refractivity contribution >= 4 is 57.8 Å². The molecule has 2 aromatic rings. The number of thioether (sulfide) groups is 1. The SMILES string of the molecule is CC[C@H](C)Oc1ccc(/C=C2\SC(=Nc3cccc(Cl)c3)NC2=O)cc1Cl. The van der Waals surface area contributed by atoms with E-state index >= 15 is 0 Å². The maximum atomic E-state index is 12.2. The third-order valence-electron chi connectivity index (χ3n) is 3.85. The molecule has 140 valence electrons. The molecule has 1 heterocycles. The number of rotatable bonds is 5. The predicted octanol–water partition coefficient (Wildman–Crippen LogP) is 6.06. The Morgan fingerprint density at radius 1 is 1.26 bits per heavy atom. The van der Waals surface area contributed by atoms with Gasteiger partial charge in [0.1, 0.15) is 5.75 Å². The van der Waals surface area contributed by atoms with Crippen LogP contribution in [0.25, 0.3) is 6.08 Å². The molecular formula is C20H18Cl2N2O2S. The van der Waals surface area contributed by atoms with Gasteiger partial charge in [-0.1, -0.05) is 42.3 Å². The summed E-state index contributed by atoms with van der Waals surface area (Å²) in [4.78, 5) is 17.2. The number of nitrogens with one attached hydrogen (secondary N) is 1. The number of aliphatic imine (C=N–C) groups is 1. The van der Waals surface area contributed by atoms with Crippen molar-refractivity contribution in [2.45, 2.75) is 26.4 Å². The Morgan fingerprint density at radius 3 is 2.78 bits per heavy atom. The fourth-order valence-electron chi connectivity index (χ4n) is 2.30. The molecule has 1 aliphatic heterocycles. The van der Waals surface area contributed by atoms with Gasteiger partial charge in [0.15, 0.2) is 5.17 Å². The Labute approximate surface area is 172 Å². The molecule has 27 heavy (non-hydrogen) atoms. The minimum absolute atomic E-state index is 0.0909. The first kappa shape index (κ1) is 19.8. The number of nitrogens with zero attached hydrogens (tertiary/aromatic N) is 1. The zero-order valence-corrected chi connectivity index (χ0v) is 17.2. The lowest BCUT2D eigenvalue weighted by Crippen LogP contribution is -2.19. The van der Waals surface area contributed by atoms with Gasteiger partial charge >= 0.3 is 0 Å². The highest BCUT2D eigenvalue weighted by Crippen LogP contribution is 2.31. The molecule has 0 saturated carbocycles. The van der Waals surface area contributed by atoms with Crippen molar-refractivity contribution in [3.63, 3.8) is 0 Å². The molecular weight excluding hydrogens is 403 g/mol. The van der Waals surface area contributed by atoms with Gasteiger partial charge in [-0.3, -0.25) is 4.79 Å². The molecule has 0 unspecified atom stereocenters. The largest absolute Gasteiger partial charge is 0.489 e. The van der Waals surface area contributed by atoms with Crippen LogP contribution in [0.1, 0.15) is 25.8 Å². The maximum Gasteiger partial charge on any atom is 0.264 e. The van der Waals surface area contributed by atoms with Crippen molar-refractivity contribution in [3.8, 4) is 5.75 Å². The van der Waals surface area contributed by atoms with Gasteiger partial charge < -0.3 is 10.1 Å². The summed E-state index contributed by atoms with van der Waals surface area (Å²) in [7, 11) is 0. The molecule has 0 aromatic heterocycles. The second-order valence-corrected chi connectivity index (χ2v) is 7.86. The number of hydrogen-bond donors (Lipinski definition) is 1. The van der Waals surface area contributed by atoms with Crippen molar-refractivity contribution in [3.05, 3.63) is 63.0 Å². The van der Waals surface area contributed by atoms with Gasteiger partial charge in [-0.15, -0.1) is 0 Å². The van der Waals surface area contributed by atoms with E-state index < -0.39 is 0 Å². The van der Waals surface area contributed by atoms with Crippen LogP contribution in [0, 0.1) is 0 Å². The van der Waals surface area contributed by atoms with Gasteiger partial charge in [-0.25, -0.2) is 4.99 Å². The number of carbonyl (C=O) groups is 1. The Balaban J connectivity index is 1.77. The number of ether oxygens (including phenoxy) is 1. The van der Waals surface area contributed by atoms with Gasteiger partial charge in [0.2, 0.25) is 0 Å². The first-order valence-corrected chi connectivity index (χ1v) is 10.0. The fourth-order valence-corrected chi connectivity index (χ4v) is 3.56. The van der Waals surface area contributed by atoms with Crippen LogP contribution in [0.15, 0.2) is 52.4 Å². The van der Waals surface area contributed by atoms with Crippen LogP contribution in [0.4, 0.5) is 5.69 Å². The van der Waals surface area contributed by atoms with E-state index in [0.29, 0.717) is 31.6 Å². The van der Waals surface area contributed by atoms with E-state index in [2.05, 4.69) is 17.2 Å². The molecule has 0 spiro atoms. The van der Waals surface area contributed by atoms with Crippen LogP contribution in [0.3, 0.4) is 0 Å². The van der Waals surface area contributed by atoms with E-state index in [1.165, 1.54) is 11.8 Å². The Hall–Kier alpha value is -1.95. The van der Waals surface area contributed by atoms with Crippen LogP contribution in [0.5, 0.6) is 5.75 Å². The molecule has 1 saturated heterocycles. The van der Waals surface area contributed by atoms with E-state index in [0.717, 1.165) is 12.0 Å². The minimum Gasteiger partial charge on any atom is -0.489 e. The van der Waals surface area contributed by atoms with E-state index in [4.69, 9.17) is 27.9 Å². The normalized spacial score (nSPS) is 18.0. The smallest absolute Gasteiger partial charge is 0.264 e. The monoisotopic (exact) mass is 420 g/mol. The van der Waals surface area contributed by atoms with Crippen LogP contribution in [-0.2, 0) is 4.79 Å². The maximum absolute atomic E-state index is 12.2. The van der Waals surface area contributed by atoms with Crippen LogP contribution >= 0.6 is 35.0 Å². The number of halogens is 2. The van der Waals surface area contributed by atoms with Gasteiger partial charge in [0, 0.05) is 5.02 Å². The Bertz CT molecular complexity index is 928. The molecule has 0 radical (unpaired) electrons. The van der Waals surface area contributed by atoms with E-state index in [9.17, 15) is 4.79 Å². The summed E-state index contributed by atoms with van der Waals surface area (Å²) in [5.74, 6) is 0.441. The van der Waals surface area contributed by atoms with Crippen LogP contribution in [-0.4, -0.2) is 17.2 Å². The van der Waals surface area contributed by atoms with Gasteiger partial charge in [-0.05, 0) is 67.1 Å². The molecule has 1 aliphatic rings. The van der Waals surface area contributed by atoms with Crippen LogP contribution < -0.4 is 10.1 Å². The molecule has 2 aromatic carbocycles. The molecule has 3 rings (SSSR count). The summed E-state index contributed by atoms with van der Waals surface area (Å²) in [5, 5.41) is 4.38. The van der Waals surface area contributed by atoms with Crippen molar-refractivity contribution in [2.75, 3.05) is 0 Å². The quantitative estimate of drug-likeness (QED) is 0.597. The zero-order valence-electron chi connectivity index (χ0n) is 14.8. The summed E-state index contributed by atoms with van der Waals surface area (Å²) in [6, 6.07) is 12.6.